The minimum atomic E-state index is -0.0511. The fraction of sp³-hybridized carbons (Fsp3) is 0.375. The zero-order valence-electron chi connectivity index (χ0n) is 19.6. The van der Waals surface area contributed by atoms with Crippen LogP contribution in [0.25, 0.3) is 11.4 Å². The molecule has 0 radical (unpaired) electrons. The van der Waals surface area contributed by atoms with Gasteiger partial charge in [-0.2, -0.15) is 0 Å². The summed E-state index contributed by atoms with van der Waals surface area (Å²) >= 11 is 1.38. The summed E-state index contributed by atoms with van der Waals surface area (Å²) in [6.07, 6.45) is 0.695. The van der Waals surface area contributed by atoms with Gasteiger partial charge in [-0.15, -0.1) is 10.2 Å². The minimum absolute atomic E-state index is 0.0511. The Kier molecular flexibility index (Phi) is 8.59. The molecule has 1 aromatic heterocycles. The van der Waals surface area contributed by atoms with Crippen LogP contribution in [0.5, 0.6) is 17.2 Å². The highest BCUT2D eigenvalue weighted by molar-refractivity contribution is 7.99. The van der Waals surface area contributed by atoms with E-state index < -0.39 is 0 Å². The van der Waals surface area contributed by atoms with Crippen LogP contribution in [0.15, 0.2) is 47.6 Å². The normalized spacial score (nSPS) is 10.8. The van der Waals surface area contributed by atoms with Crippen molar-refractivity contribution in [3.05, 3.63) is 48.0 Å². The summed E-state index contributed by atoms with van der Waals surface area (Å²) < 4.78 is 17.9. The van der Waals surface area contributed by atoms with E-state index in [2.05, 4.69) is 29.4 Å². The number of rotatable bonds is 11. The summed E-state index contributed by atoms with van der Waals surface area (Å²) in [7, 11) is 4.85. The van der Waals surface area contributed by atoms with Crippen LogP contribution in [-0.4, -0.2) is 54.3 Å². The van der Waals surface area contributed by atoms with Gasteiger partial charge in [-0.1, -0.05) is 17.8 Å². The van der Waals surface area contributed by atoms with Crippen molar-refractivity contribution in [2.45, 2.75) is 31.5 Å². The number of ether oxygens (including phenoxy) is 3. The Morgan fingerprint density at radius 3 is 2.36 bits per heavy atom. The van der Waals surface area contributed by atoms with Crippen LogP contribution in [0.3, 0.4) is 0 Å². The summed E-state index contributed by atoms with van der Waals surface area (Å²) in [5, 5.41) is 12.4. The number of amides is 1. The molecule has 0 spiro atoms. The van der Waals surface area contributed by atoms with Crippen LogP contribution < -0.4 is 19.5 Å². The molecule has 0 atom stereocenters. The lowest BCUT2D eigenvalue weighted by Gasteiger charge is -2.14. The molecular weight excluding hydrogens is 440 g/mol. The third kappa shape index (κ3) is 6.19. The SMILES string of the molecule is COc1ccc(-c2nnc(SCC(=O)NCCc3ccc(OC)c(OC)c3)n2C(C)C)cc1. The number of nitrogens with one attached hydrogen (secondary N) is 1. The number of carbonyl (C=O) groups is 1. The highest BCUT2D eigenvalue weighted by atomic mass is 32.2. The zero-order valence-corrected chi connectivity index (χ0v) is 20.4. The first-order valence-electron chi connectivity index (χ1n) is 10.7. The fourth-order valence-corrected chi connectivity index (χ4v) is 4.24. The van der Waals surface area contributed by atoms with Crippen LogP contribution in [-0.2, 0) is 11.2 Å². The van der Waals surface area contributed by atoms with E-state index in [0.717, 1.165) is 22.7 Å². The topological polar surface area (TPSA) is 87.5 Å². The molecule has 3 aromatic rings. The van der Waals surface area contributed by atoms with Gasteiger partial charge in [-0.05, 0) is 62.2 Å². The van der Waals surface area contributed by atoms with E-state index in [9.17, 15) is 4.79 Å². The number of hydrogen-bond donors (Lipinski definition) is 1. The smallest absolute Gasteiger partial charge is 0.230 e. The highest BCUT2D eigenvalue weighted by Gasteiger charge is 2.18. The average molecular weight is 471 g/mol. The molecule has 0 unspecified atom stereocenters. The van der Waals surface area contributed by atoms with E-state index in [0.29, 0.717) is 29.6 Å². The van der Waals surface area contributed by atoms with Crippen LogP contribution in [0.1, 0.15) is 25.5 Å². The van der Waals surface area contributed by atoms with Crippen molar-refractivity contribution in [3.8, 4) is 28.6 Å². The van der Waals surface area contributed by atoms with Crippen molar-refractivity contribution in [3.63, 3.8) is 0 Å². The van der Waals surface area contributed by atoms with Crippen molar-refractivity contribution in [1.82, 2.24) is 20.1 Å². The lowest BCUT2D eigenvalue weighted by atomic mass is 10.1. The van der Waals surface area contributed by atoms with E-state index in [1.807, 2.05) is 47.0 Å². The Hall–Kier alpha value is -3.20. The second-order valence-corrected chi connectivity index (χ2v) is 8.52. The molecule has 33 heavy (non-hydrogen) atoms. The number of aromatic nitrogens is 3. The Morgan fingerprint density at radius 2 is 1.73 bits per heavy atom. The second kappa shape index (κ2) is 11.6. The van der Waals surface area contributed by atoms with Crippen LogP contribution >= 0.6 is 11.8 Å². The average Bonchev–Trinajstić information content (AvgIpc) is 3.27. The molecule has 0 aliphatic rings. The van der Waals surface area contributed by atoms with Crippen LogP contribution in [0, 0.1) is 0 Å². The van der Waals surface area contributed by atoms with E-state index >= 15 is 0 Å². The van der Waals surface area contributed by atoms with Crippen LogP contribution in [0.4, 0.5) is 0 Å². The lowest BCUT2D eigenvalue weighted by Crippen LogP contribution is -2.27. The molecule has 2 aromatic carbocycles. The molecule has 1 amide bonds. The number of benzene rings is 2. The summed E-state index contributed by atoms with van der Waals surface area (Å²) in [6.45, 7) is 4.68. The molecule has 9 heteroatoms. The maximum absolute atomic E-state index is 12.4. The van der Waals surface area contributed by atoms with E-state index in [1.165, 1.54) is 11.8 Å². The Bertz CT molecular complexity index is 1070. The molecule has 0 fully saturated rings. The maximum atomic E-state index is 12.4. The van der Waals surface area contributed by atoms with Crippen molar-refractivity contribution in [2.75, 3.05) is 33.6 Å². The van der Waals surface area contributed by atoms with Gasteiger partial charge in [0.25, 0.3) is 0 Å². The highest BCUT2D eigenvalue weighted by Crippen LogP contribution is 2.29. The van der Waals surface area contributed by atoms with E-state index in [-0.39, 0.29) is 17.7 Å². The maximum Gasteiger partial charge on any atom is 0.230 e. The standard InChI is InChI=1S/C24H30N4O4S/c1-16(2)28-23(18-7-9-19(30-3)10-8-18)26-27-24(28)33-15-22(29)25-13-12-17-6-11-20(31-4)21(14-17)32-5/h6-11,14,16H,12-13,15H2,1-5H3,(H,25,29). The predicted molar refractivity (Wildman–Crippen MR) is 129 cm³/mol. The third-order valence-corrected chi connectivity index (χ3v) is 5.99. The third-order valence-electron chi connectivity index (χ3n) is 5.05. The van der Waals surface area contributed by atoms with Gasteiger partial charge in [0.2, 0.25) is 5.91 Å². The Balaban J connectivity index is 1.57. The zero-order chi connectivity index (χ0) is 23.8. The van der Waals surface area contributed by atoms with Crippen molar-refractivity contribution in [2.24, 2.45) is 0 Å². The van der Waals surface area contributed by atoms with Crippen molar-refractivity contribution < 1.29 is 19.0 Å². The summed E-state index contributed by atoms with van der Waals surface area (Å²) in [5.41, 5.74) is 2.01. The first kappa shape index (κ1) is 24.4. The van der Waals surface area contributed by atoms with Gasteiger partial charge in [0, 0.05) is 18.2 Å². The molecule has 0 aliphatic carbocycles. The minimum Gasteiger partial charge on any atom is -0.497 e. The van der Waals surface area contributed by atoms with Crippen LogP contribution in [0.2, 0.25) is 0 Å². The fourth-order valence-electron chi connectivity index (χ4n) is 3.34. The van der Waals surface area contributed by atoms with E-state index in [4.69, 9.17) is 14.2 Å². The van der Waals surface area contributed by atoms with Gasteiger partial charge in [0.1, 0.15) is 5.75 Å². The molecule has 1 heterocycles. The second-order valence-electron chi connectivity index (χ2n) is 7.58. The number of thioether (sulfide) groups is 1. The predicted octanol–water partition coefficient (Wildman–Crippen LogP) is 4.00. The molecule has 1 N–H and O–H groups in total. The summed E-state index contributed by atoms with van der Waals surface area (Å²) in [5.74, 6) is 3.13. The van der Waals surface area contributed by atoms with Gasteiger partial charge >= 0.3 is 0 Å². The number of carbonyl (C=O) groups excluding carboxylic acids is 1. The van der Waals surface area contributed by atoms with Gasteiger partial charge in [-0.25, -0.2) is 0 Å². The number of methoxy groups -OCH3 is 3. The first-order valence-corrected chi connectivity index (χ1v) is 11.6. The molecule has 176 valence electrons. The number of hydrogen-bond acceptors (Lipinski definition) is 7. The largest absolute Gasteiger partial charge is 0.497 e. The Morgan fingerprint density at radius 1 is 1.00 bits per heavy atom. The van der Waals surface area contributed by atoms with Gasteiger partial charge in [-0.3, -0.25) is 9.36 Å². The van der Waals surface area contributed by atoms with Gasteiger partial charge in [0.15, 0.2) is 22.5 Å². The monoisotopic (exact) mass is 470 g/mol. The lowest BCUT2D eigenvalue weighted by molar-refractivity contribution is -0.118. The molecule has 0 saturated carbocycles. The first-order chi connectivity index (χ1) is 16.0. The quantitative estimate of drug-likeness (QED) is 0.424. The number of nitrogens with zero attached hydrogens (tertiary/aromatic N) is 3. The van der Waals surface area contributed by atoms with Crippen molar-refractivity contribution >= 4 is 17.7 Å². The van der Waals surface area contributed by atoms with E-state index in [1.54, 1.807) is 21.3 Å². The molecule has 0 bridgehead atoms. The summed E-state index contributed by atoms with van der Waals surface area (Å²) in [4.78, 5) is 12.4. The molecule has 8 nitrogen and oxygen atoms in total. The van der Waals surface area contributed by atoms with Crippen molar-refractivity contribution in [1.29, 1.82) is 0 Å². The van der Waals surface area contributed by atoms with Gasteiger partial charge in [0.05, 0.1) is 27.1 Å². The van der Waals surface area contributed by atoms with Gasteiger partial charge < -0.3 is 19.5 Å². The summed E-state index contributed by atoms with van der Waals surface area (Å²) in [6, 6.07) is 13.6. The molecule has 0 saturated heterocycles. The molecule has 3 rings (SSSR count). The molecular formula is C24H30N4O4S. The molecule has 0 aliphatic heterocycles. The Labute approximate surface area is 198 Å².